The smallest absolute Gasteiger partial charge is 0.227 e. The predicted octanol–water partition coefficient (Wildman–Crippen LogP) is 4.15. The Bertz CT molecular complexity index is 1090. The monoisotopic (exact) mass is 463 g/mol. The van der Waals surface area contributed by atoms with Gasteiger partial charge in [0.15, 0.2) is 0 Å². The number of carbonyl (C=O) groups is 1. The van der Waals surface area contributed by atoms with Crippen LogP contribution in [0, 0.1) is 5.82 Å². The van der Waals surface area contributed by atoms with E-state index in [1.165, 1.54) is 37.1 Å². The summed E-state index contributed by atoms with van der Waals surface area (Å²) in [5, 5.41) is 4.11. The van der Waals surface area contributed by atoms with Crippen LogP contribution in [0.15, 0.2) is 53.1 Å². The fraction of sp³-hybridized carbons (Fsp3) is 0.423. The van der Waals surface area contributed by atoms with Crippen molar-refractivity contribution in [3.8, 4) is 11.4 Å². The fourth-order valence-electron chi connectivity index (χ4n) is 4.69. The highest BCUT2D eigenvalue weighted by Crippen LogP contribution is 2.24. The van der Waals surface area contributed by atoms with Gasteiger partial charge in [-0.3, -0.25) is 4.79 Å². The van der Waals surface area contributed by atoms with E-state index in [4.69, 9.17) is 4.52 Å². The third kappa shape index (κ3) is 5.21. The average Bonchev–Trinajstić information content (AvgIpc) is 3.38. The lowest BCUT2D eigenvalue weighted by Crippen LogP contribution is -2.48. The van der Waals surface area contributed by atoms with Crippen LogP contribution in [-0.4, -0.2) is 60.2 Å². The number of hydrogen-bond acceptors (Lipinski definition) is 6. The van der Waals surface area contributed by atoms with E-state index >= 15 is 0 Å². The number of rotatable bonds is 6. The van der Waals surface area contributed by atoms with Gasteiger partial charge in [0.1, 0.15) is 5.82 Å². The van der Waals surface area contributed by atoms with Gasteiger partial charge in [0.05, 0.1) is 0 Å². The van der Waals surface area contributed by atoms with Crippen LogP contribution in [0.2, 0.25) is 0 Å². The summed E-state index contributed by atoms with van der Waals surface area (Å²) in [4.78, 5) is 23.6. The van der Waals surface area contributed by atoms with Gasteiger partial charge in [0, 0.05) is 69.0 Å². The largest absolute Gasteiger partial charge is 0.372 e. The number of anilines is 2. The maximum absolute atomic E-state index is 13.1. The topological polar surface area (TPSA) is 65.7 Å². The zero-order chi connectivity index (χ0) is 23.3. The van der Waals surface area contributed by atoms with E-state index in [2.05, 4.69) is 32.1 Å². The van der Waals surface area contributed by atoms with Gasteiger partial charge in [0.25, 0.3) is 0 Å². The third-order valence-corrected chi connectivity index (χ3v) is 6.69. The molecule has 0 aliphatic carbocycles. The lowest BCUT2D eigenvalue weighted by Gasteiger charge is -2.36. The van der Waals surface area contributed by atoms with Crippen LogP contribution in [0.3, 0.4) is 0 Å². The highest BCUT2D eigenvalue weighted by molar-refractivity contribution is 5.76. The average molecular weight is 464 g/mol. The Morgan fingerprint density at radius 3 is 2.12 bits per heavy atom. The van der Waals surface area contributed by atoms with Crippen molar-refractivity contribution < 1.29 is 13.7 Å². The maximum atomic E-state index is 13.1. The molecule has 0 N–H and O–H groups in total. The predicted molar refractivity (Wildman–Crippen MR) is 129 cm³/mol. The summed E-state index contributed by atoms with van der Waals surface area (Å²) in [6.07, 6.45) is 4.58. The second-order valence-corrected chi connectivity index (χ2v) is 8.95. The molecule has 1 aromatic heterocycles. The molecule has 0 unspecified atom stereocenters. The number of benzene rings is 2. The molecule has 2 aromatic carbocycles. The van der Waals surface area contributed by atoms with Gasteiger partial charge in [-0.1, -0.05) is 5.16 Å². The van der Waals surface area contributed by atoms with Gasteiger partial charge >= 0.3 is 0 Å². The van der Waals surface area contributed by atoms with Crippen molar-refractivity contribution in [1.29, 1.82) is 0 Å². The minimum atomic E-state index is -0.240. The molecule has 0 radical (unpaired) electrons. The quantitative estimate of drug-likeness (QED) is 0.547. The molecule has 0 atom stereocenters. The van der Waals surface area contributed by atoms with Crippen molar-refractivity contribution in [2.45, 2.75) is 32.1 Å². The molecule has 1 amide bonds. The van der Waals surface area contributed by atoms with E-state index < -0.39 is 0 Å². The Hall–Kier alpha value is -3.42. The van der Waals surface area contributed by atoms with Crippen LogP contribution in [0.5, 0.6) is 0 Å². The Kier molecular flexibility index (Phi) is 6.74. The first-order valence-corrected chi connectivity index (χ1v) is 12.1. The van der Waals surface area contributed by atoms with Crippen LogP contribution >= 0.6 is 0 Å². The first-order valence-electron chi connectivity index (χ1n) is 12.1. The van der Waals surface area contributed by atoms with Crippen LogP contribution in [-0.2, 0) is 11.2 Å². The molecule has 5 rings (SSSR count). The summed E-state index contributed by atoms with van der Waals surface area (Å²) in [5.41, 5.74) is 3.13. The molecule has 3 heterocycles. The molecular formula is C26H30FN5O2. The molecule has 8 heteroatoms. The maximum Gasteiger partial charge on any atom is 0.227 e. The summed E-state index contributed by atoms with van der Waals surface area (Å²) in [6.45, 7) is 4.98. The lowest BCUT2D eigenvalue weighted by molar-refractivity contribution is -0.131. The van der Waals surface area contributed by atoms with Crippen molar-refractivity contribution in [3.63, 3.8) is 0 Å². The van der Waals surface area contributed by atoms with E-state index in [1.54, 1.807) is 12.1 Å². The first-order chi connectivity index (χ1) is 16.7. The van der Waals surface area contributed by atoms with E-state index in [0.29, 0.717) is 37.6 Å². The molecule has 0 spiro atoms. The molecule has 2 fully saturated rings. The second-order valence-electron chi connectivity index (χ2n) is 8.95. The van der Waals surface area contributed by atoms with Gasteiger partial charge in [-0.15, -0.1) is 0 Å². The molecule has 2 aliphatic rings. The van der Waals surface area contributed by atoms with Gasteiger partial charge in [0.2, 0.25) is 17.6 Å². The van der Waals surface area contributed by atoms with Crippen LogP contribution in [0.4, 0.5) is 15.8 Å². The molecule has 7 nitrogen and oxygen atoms in total. The molecule has 2 saturated heterocycles. The van der Waals surface area contributed by atoms with Crippen molar-refractivity contribution in [2.24, 2.45) is 0 Å². The molecule has 0 saturated carbocycles. The minimum absolute atomic E-state index is 0.0874. The van der Waals surface area contributed by atoms with Crippen molar-refractivity contribution >= 4 is 17.3 Å². The van der Waals surface area contributed by atoms with Crippen LogP contribution in [0.1, 0.15) is 31.6 Å². The zero-order valence-corrected chi connectivity index (χ0v) is 19.3. The Balaban J connectivity index is 1.11. The number of piperidine rings is 1. The SMILES string of the molecule is O=C(CCc1nc(-c2ccc(N3CCCCC3)cc2)no1)N1CCN(c2ccc(F)cc2)CC1. The molecule has 0 bridgehead atoms. The van der Waals surface area contributed by atoms with Gasteiger partial charge in [-0.05, 0) is 67.8 Å². The lowest BCUT2D eigenvalue weighted by atomic mass is 10.1. The van der Waals surface area contributed by atoms with Crippen LogP contribution < -0.4 is 9.80 Å². The Morgan fingerprint density at radius 1 is 0.824 bits per heavy atom. The summed E-state index contributed by atoms with van der Waals surface area (Å²) in [7, 11) is 0. The highest BCUT2D eigenvalue weighted by atomic mass is 19.1. The standard InChI is InChI=1S/C26H30FN5O2/c27-21-6-10-23(11-7-21)31-16-18-32(19-17-31)25(33)13-12-24-28-26(29-34-24)20-4-8-22(9-5-20)30-14-2-1-3-15-30/h4-11H,1-3,12-19H2. The molecule has 34 heavy (non-hydrogen) atoms. The molecule has 178 valence electrons. The van der Waals surface area contributed by atoms with Crippen molar-refractivity contribution in [2.75, 3.05) is 49.1 Å². The normalized spacial score (nSPS) is 16.7. The summed E-state index contributed by atoms with van der Waals surface area (Å²) >= 11 is 0. The van der Waals surface area contributed by atoms with Gasteiger partial charge in [-0.25, -0.2) is 4.39 Å². The van der Waals surface area contributed by atoms with E-state index in [0.717, 1.165) is 37.4 Å². The van der Waals surface area contributed by atoms with Gasteiger partial charge in [-0.2, -0.15) is 4.98 Å². The Morgan fingerprint density at radius 2 is 1.44 bits per heavy atom. The summed E-state index contributed by atoms with van der Waals surface area (Å²) < 4.78 is 18.5. The number of carbonyl (C=O) groups excluding carboxylic acids is 1. The number of piperazine rings is 1. The number of halogens is 1. The number of nitrogens with zero attached hydrogens (tertiary/aromatic N) is 5. The summed E-state index contributed by atoms with van der Waals surface area (Å²) in [5.74, 6) is 0.884. The van der Waals surface area contributed by atoms with Crippen molar-refractivity contribution in [3.05, 3.63) is 60.2 Å². The summed E-state index contributed by atoms with van der Waals surface area (Å²) in [6, 6.07) is 14.8. The minimum Gasteiger partial charge on any atom is -0.372 e. The van der Waals surface area contributed by atoms with E-state index in [9.17, 15) is 9.18 Å². The number of aromatic nitrogens is 2. The van der Waals surface area contributed by atoms with E-state index in [-0.39, 0.29) is 11.7 Å². The van der Waals surface area contributed by atoms with E-state index in [1.807, 2.05) is 17.0 Å². The highest BCUT2D eigenvalue weighted by Gasteiger charge is 2.22. The fourth-order valence-corrected chi connectivity index (χ4v) is 4.69. The zero-order valence-electron chi connectivity index (χ0n) is 19.3. The van der Waals surface area contributed by atoms with Gasteiger partial charge < -0.3 is 19.2 Å². The third-order valence-electron chi connectivity index (χ3n) is 6.69. The molecule has 3 aromatic rings. The number of hydrogen-bond donors (Lipinski definition) is 0. The Labute approximate surface area is 199 Å². The van der Waals surface area contributed by atoms with Crippen LogP contribution in [0.25, 0.3) is 11.4 Å². The molecule has 2 aliphatic heterocycles. The first kappa shape index (κ1) is 22.4. The number of aryl methyl sites for hydroxylation is 1. The van der Waals surface area contributed by atoms with Crippen molar-refractivity contribution in [1.82, 2.24) is 15.0 Å². The number of amides is 1. The molecular weight excluding hydrogens is 433 g/mol. The second kappa shape index (κ2) is 10.2.